The van der Waals surface area contributed by atoms with Crippen molar-refractivity contribution < 1.29 is 26.1 Å². The van der Waals surface area contributed by atoms with Gasteiger partial charge in [0.2, 0.25) is 5.43 Å². The first-order valence-corrected chi connectivity index (χ1v) is 15.4. The predicted octanol–water partition coefficient (Wildman–Crippen LogP) is 4.54. The van der Waals surface area contributed by atoms with E-state index in [9.17, 15) is 9.59 Å². The Balaban J connectivity index is 0.000000628. The Morgan fingerprint density at radius 2 is 1.79 bits per heavy atom. The second-order valence-electron chi connectivity index (χ2n) is 5.34. The number of fused-ring (bicyclic) bond motifs is 1. The fourth-order valence-corrected chi connectivity index (χ4v) is 2.39. The van der Waals surface area contributed by atoms with E-state index in [4.69, 9.17) is 48.0 Å². The number of H-pyrrole nitrogens is 1. The van der Waals surface area contributed by atoms with Gasteiger partial charge in [0.1, 0.15) is 5.56 Å². The van der Waals surface area contributed by atoms with Crippen LogP contribution in [0.15, 0.2) is 47.5 Å². The summed E-state index contributed by atoms with van der Waals surface area (Å²) >= 11 is -2.81. The summed E-state index contributed by atoms with van der Waals surface area (Å²) in [6, 6.07) is 9.01. The molecule has 0 amide bonds. The molecule has 156 valence electrons. The number of pyridine rings is 2. The molecule has 6 nitrogen and oxygen atoms in total. The number of methoxy groups -OCH3 is 1. The Kier molecular flexibility index (Phi) is 11.1. The van der Waals surface area contributed by atoms with Crippen molar-refractivity contribution in [3.8, 4) is 11.1 Å². The number of halogens is 4. The number of hydrogen-bond donors (Lipinski definition) is 2. The zero-order chi connectivity index (χ0) is 20.9. The van der Waals surface area contributed by atoms with E-state index >= 15 is 0 Å². The standard InChI is InChI=1S/C17H14N2O4.4ClH.Na.Pd.H/c1-23-9-12-4-2-11(7-18-12)10-3-5-15-13(6-10)16(20)14(8-19-15)17(21)22;;;;;;;/h2-8H,9H2,1H3,(H,19,20)(H,21,22);4*1H;;;/q;;;;;;+4;/p-4. The summed E-state index contributed by atoms with van der Waals surface area (Å²) in [4.78, 5) is 30.5. The number of carboxylic acids is 1. The van der Waals surface area contributed by atoms with Gasteiger partial charge in [0.05, 0.1) is 12.3 Å². The summed E-state index contributed by atoms with van der Waals surface area (Å²) in [5, 5.41) is 9.39. The Bertz CT molecular complexity index is 1040. The number of carbonyl (C=O) groups is 1. The molecule has 0 aliphatic carbocycles. The zero-order valence-electron chi connectivity index (χ0n) is 14.2. The summed E-state index contributed by atoms with van der Waals surface area (Å²) < 4.78 is 5.02. The topological polar surface area (TPSA) is 92.3 Å². The Labute approximate surface area is 207 Å². The maximum absolute atomic E-state index is 12.3. The Morgan fingerprint density at radius 3 is 2.31 bits per heavy atom. The van der Waals surface area contributed by atoms with E-state index in [0.717, 1.165) is 16.8 Å². The second kappa shape index (κ2) is 12.0. The van der Waals surface area contributed by atoms with Crippen LogP contribution in [0.2, 0.25) is 0 Å². The molecule has 0 radical (unpaired) electrons. The van der Waals surface area contributed by atoms with Crippen LogP contribution in [0, 0.1) is 0 Å². The number of nitrogens with one attached hydrogen (secondary N) is 1. The summed E-state index contributed by atoms with van der Waals surface area (Å²) in [6.07, 6.45) is 2.92. The number of aromatic carboxylic acids is 1. The van der Waals surface area contributed by atoms with Gasteiger partial charge in [-0.25, -0.2) is 4.79 Å². The van der Waals surface area contributed by atoms with Crippen molar-refractivity contribution in [3.05, 3.63) is 64.2 Å². The molecule has 29 heavy (non-hydrogen) atoms. The van der Waals surface area contributed by atoms with Gasteiger partial charge in [-0.05, 0) is 23.8 Å². The first kappa shape index (κ1) is 26.9. The van der Waals surface area contributed by atoms with Gasteiger partial charge in [0.25, 0.3) is 0 Å². The summed E-state index contributed by atoms with van der Waals surface area (Å²) in [5.74, 6) is -1.25. The first-order chi connectivity index (χ1) is 13.1. The van der Waals surface area contributed by atoms with Crippen LogP contribution in [-0.2, 0) is 22.8 Å². The van der Waals surface area contributed by atoms with Crippen molar-refractivity contribution in [2.45, 2.75) is 6.61 Å². The van der Waals surface area contributed by atoms with Crippen molar-refractivity contribution in [2.24, 2.45) is 0 Å². The van der Waals surface area contributed by atoms with E-state index in [1.165, 1.54) is 6.20 Å². The minimum absolute atomic E-state index is 0. The number of benzene rings is 1. The summed E-state index contributed by atoms with van der Waals surface area (Å²) in [7, 11) is 21.5. The third-order valence-electron chi connectivity index (χ3n) is 3.56. The maximum atomic E-state index is 12.3. The van der Waals surface area contributed by atoms with Gasteiger partial charge < -0.3 is 14.8 Å². The molecule has 0 aliphatic heterocycles. The molecule has 3 rings (SSSR count). The number of ether oxygens (including phenoxy) is 1. The number of hydrogen-bond acceptors (Lipinski definition) is 4. The van der Waals surface area contributed by atoms with Crippen molar-refractivity contribution >= 4 is 84.5 Å². The molecule has 2 aromatic heterocycles. The summed E-state index contributed by atoms with van der Waals surface area (Å²) in [5.41, 5.74) is 2.25. The Morgan fingerprint density at radius 1 is 1.17 bits per heavy atom. The molecule has 0 fully saturated rings. The normalized spacial score (nSPS) is 11.2. The van der Waals surface area contributed by atoms with E-state index in [1.54, 1.807) is 25.4 Å². The fraction of sp³-hybridized carbons (Fsp3) is 0.118. The summed E-state index contributed by atoms with van der Waals surface area (Å²) in [6.45, 7) is 0.430. The molecule has 0 bridgehead atoms. The molecule has 0 saturated carbocycles. The zero-order valence-corrected chi connectivity index (χ0v) is 18.8. The molecular weight excluding hydrogens is 567 g/mol. The number of aromatic nitrogens is 2. The molecule has 0 spiro atoms. The number of rotatable bonds is 4. The molecule has 0 atom stereocenters. The van der Waals surface area contributed by atoms with Gasteiger partial charge in [0.15, 0.2) is 0 Å². The van der Waals surface area contributed by atoms with Crippen molar-refractivity contribution in [1.29, 1.82) is 0 Å². The molecule has 12 heteroatoms. The molecule has 1 aromatic carbocycles. The fourth-order valence-electron chi connectivity index (χ4n) is 2.39. The van der Waals surface area contributed by atoms with Gasteiger partial charge in [0, 0.05) is 36.0 Å². The van der Waals surface area contributed by atoms with Crippen molar-refractivity contribution in [2.75, 3.05) is 7.11 Å². The van der Waals surface area contributed by atoms with Crippen LogP contribution >= 0.6 is 38.1 Å². The Hall–Kier alpha value is -0.168. The van der Waals surface area contributed by atoms with Crippen molar-refractivity contribution in [3.63, 3.8) is 0 Å². The average Bonchev–Trinajstić information content (AvgIpc) is 2.61. The molecule has 0 aliphatic rings. The van der Waals surface area contributed by atoms with E-state index in [0.29, 0.717) is 17.5 Å². The van der Waals surface area contributed by atoms with Gasteiger partial charge in [-0.15, -0.1) is 0 Å². The van der Waals surface area contributed by atoms with Crippen LogP contribution in [0.25, 0.3) is 22.0 Å². The quantitative estimate of drug-likeness (QED) is 0.441. The SMILES string of the molecule is COCc1ccc(-c2ccc3[nH]cc(C(=O)O)c(=O)c3c2)cn1.[Cl][Pd]([Cl])([Cl])[Cl].[NaH]. The molecule has 2 heterocycles. The average molecular weight is 583 g/mol. The van der Waals surface area contributed by atoms with Gasteiger partial charge in [-0.3, -0.25) is 9.78 Å². The predicted molar refractivity (Wildman–Crippen MR) is 116 cm³/mol. The van der Waals surface area contributed by atoms with Gasteiger partial charge >= 0.3 is 85.1 Å². The monoisotopic (exact) mass is 580 g/mol. The minimum atomic E-state index is -2.81. The van der Waals surface area contributed by atoms with Crippen LogP contribution in [-0.4, -0.2) is 57.7 Å². The van der Waals surface area contributed by atoms with Crippen LogP contribution in [0.3, 0.4) is 0 Å². The molecule has 3 aromatic rings. The first-order valence-electron chi connectivity index (χ1n) is 7.41. The van der Waals surface area contributed by atoms with E-state index < -0.39 is 22.9 Å². The number of nitrogens with zero attached hydrogens (tertiary/aromatic N) is 1. The van der Waals surface area contributed by atoms with Gasteiger partial charge in [-0.2, -0.15) is 0 Å². The van der Waals surface area contributed by atoms with Crippen LogP contribution in [0.5, 0.6) is 0 Å². The molecule has 2 N–H and O–H groups in total. The van der Waals surface area contributed by atoms with E-state index in [1.807, 2.05) is 18.2 Å². The third-order valence-corrected chi connectivity index (χ3v) is 3.56. The molecule has 0 saturated heterocycles. The van der Waals surface area contributed by atoms with Crippen LogP contribution < -0.4 is 5.43 Å². The van der Waals surface area contributed by atoms with Crippen LogP contribution in [0.4, 0.5) is 0 Å². The third kappa shape index (κ3) is 8.47. The molecular formula is C17H15Cl4N2NaO4Pd. The van der Waals surface area contributed by atoms with E-state index in [2.05, 4.69) is 9.97 Å². The van der Waals surface area contributed by atoms with Gasteiger partial charge in [-0.1, -0.05) is 12.1 Å². The number of carboxylic acid groups (broad SMARTS) is 1. The number of aromatic amines is 1. The van der Waals surface area contributed by atoms with Crippen molar-refractivity contribution in [1.82, 2.24) is 9.97 Å². The second-order valence-corrected chi connectivity index (χ2v) is 19.5. The molecule has 0 unspecified atom stereocenters. The van der Waals surface area contributed by atoms with E-state index in [-0.39, 0.29) is 35.1 Å². The van der Waals surface area contributed by atoms with Crippen LogP contribution in [0.1, 0.15) is 16.1 Å².